The molecular formula is C20H25N3O2S. The molecule has 0 heterocycles. The number of carbonyl (C=O) groups is 1. The van der Waals surface area contributed by atoms with Crippen LogP contribution in [0.3, 0.4) is 0 Å². The lowest BCUT2D eigenvalue weighted by molar-refractivity contribution is -0.115. The van der Waals surface area contributed by atoms with E-state index in [1.54, 1.807) is 11.8 Å². The van der Waals surface area contributed by atoms with Gasteiger partial charge in [0.1, 0.15) is 0 Å². The van der Waals surface area contributed by atoms with E-state index in [9.17, 15) is 9.90 Å². The Kier molecular flexibility index (Phi) is 7.24. The molecule has 0 radical (unpaired) electrons. The summed E-state index contributed by atoms with van der Waals surface area (Å²) in [7, 11) is 0. The minimum Gasteiger partial charge on any atom is -0.392 e. The molecule has 1 amide bonds. The van der Waals surface area contributed by atoms with Gasteiger partial charge in [-0.3, -0.25) is 10.2 Å². The number of nitrogens with two attached hydrogens (primary N) is 1. The fourth-order valence-corrected chi connectivity index (χ4v) is 3.33. The van der Waals surface area contributed by atoms with Gasteiger partial charge in [0.2, 0.25) is 0 Å². The monoisotopic (exact) mass is 371 g/mol. The number of thioether (sulfide) groups is 1. The van der Waals surface area contributed by atoms with Crippen LogP contribution in [0.1, 0.15) is 19.4 Å². The molecule has 0 aliphatic rings. The van der Waals surface area contributed by atoms with E-state index >= 15 is 0 Å². The summed E-state index contributed by atoms with van der Waals surface area (Å²) in [6.45, 7) is 4.35. The van der Waals surface area contributed by atoms with Crippen molar-refractivity contribution in [2.45, 2.75) is 31.4 Å². The molecule has 2 aromatic carbocycles. The number of amidine groups is 1. The fraction of sp³-hybridized carbons (Fsp3) is 0.300. The molecule has 26 heavy (non-hydrogen) atoms. The van der Waals surface area contributed by atoms with Crippen LogP contribution < -0.4 is 11.1 Å². The molecule has 0 saturated carbocycles. The highest BCUT2D eigenvalue weighted by atomic mass is 32.2. The van der Waals surface area contributed by atoms with Crippen molar-refractivity contribution < 1.29 is 9.90 Å². The van der Waals surface area contributed by atoms with Crippen LogP contribution in [0.5, 0.6) is 0 Å². The number of hydrogen-bond acceptors (Lipinski definition) is 4. The molecule has 0 fully saturated rings. The lowest BCUT2D eigenvalue weighted by Crippen LogP contribution is -2.34. The second-order valence-electron chi connectivity index (χ2n) is 6.44. The van der Waals surface area contributed by atoms with E-state index in [1.807, 2.05) is 38.1 Å². The maximum absolute atomic E-state index is 11.4. The van der Waals surface area contributed by atoms with Crippen LogP contribution in [0.15, 0.2) is 53.4 Å². The average Bonchev–Trinajstić information content (AvgIpc) is 2.64. The summed E-state index contributed by atoms with van der Waals surface area (Å²) in [4.78, 5) is 12.5. The molecule has 6 heteroatoms. The first-order chi connectivity index (χ1) is 12.4. The highest BCUT2D eigenvalue weighted by Gasteiger charge is 2.09. The second kappa shape index (κ2) is 9.40. The van der Waals surface area contributed by atoms with Crippen molar-refractivity contribution in [3.63, 3.8) is 0 Å². The minimum absolute atomic E-state index is 0.257. The SMILES string of the molecule is CC(C)C(O)CSc1ccc(-c2cccc(CNC(=O)C(=N)N)c2)cc1. The molecule has 0 bridgehead atoms. The van der Waals surface area contributed by atoms with E-state index in [2.05, 4.69) is 29.6 Å². The second-order valence-corrected chi connectivity index (χ2v) is 7.54. The van der Waals surface area contributed by atoms with Crippen LogP contribution in [0, 0.1) is 11.3 Å². The van der Waals surface area contributed by atoms with Crippen LogP contribution in [0.4, 0.5) is 0 Å². The molecule has 1 unspecified atom stereocenters. The predicted octanol–water partition coefficient (Wildman–Crippen LogP) is 3.01. The van der Waals surface area contributed by atoms with Crippen molar-refractivity contribution in [2.75, 3.05) is 5.75 Å². The van der Waals surface area contributed by atoms with Crippen molar-refractivity contribution in [1.29, 1.82) is 5.41 Å². The fourth-order valence-electron chi connectivity index (χ4n) is 2.26. The Morgan fingerprint density at radius 1 is 1.19 bits per heavy atom. The predicted molar refractivity (Wildman–Crippen MR) is 107 cm³/mol. The Bertz CT molecular complexity index is 760. The zero-order valence-electron chi connectivity index (χ0n) is 15.0. The average molecular weight is 372 g/mol. The summed E-state index contributed by atoms with van der Waals surface area (Å²) in [5.41, 5.74) is 8.22. The van der Waals surface area contributed by atoms with Gasteiger partial charge in [0.25, 0.3) is 5.91 Å². The van der Waals surface area contributed by atoms with Gasteiger partial charge in [0.05, 0.1) is 6.10 Å². The van der Waals surface area contributed by atoms with Gasteiger partial charge in [-0.2, -0.15) is 0 Å². The van der Waals surface area contributed by atoms with Crippen LogP contribution >= 0.6 is 11.8 Å². The minimum atomic E-state index is -0.569. The third kappa shape index (κ3) is 5.89. The van der Waals surface area contributed by atoms with Crippen molar-refractivity contribution in [3.8, 4) is 11.1 Å². The zero-order valence-corrected chi connectivity index (χ0v) is 15.8. The first-order valence-corrected chi connectivity index (χ1v) is 9.48. The smallest absolute Gasteiger partial charge is 0.286 e. The van der Waals surface area contributed by atoms with Crippen molar-refractivity contribution in [2.24, 2.45) is 11.7 Å². The molecule has 2 rings (SSSR count). The van der Waals surface area contributed by atoms with E-state index in [0.717, 1.165) is 21.6 Å². The number of rotatable bonds is 7. The summed E-state index contributed by atoms with van der Waals surface area (Å²) in [5, 5.41) is 19.6. The Balaban J connectivity index is 2.01. The van der Waals surface area contributed by atoms with Crippen LogP contribution in [-0.2, 0) is 11.3 Å². The Morgan fingerprint density at radius 2 is 1.88 bits per heavy atom. The molecule has 1 atom stereocenters. The maximum atomic E-state index is 11.4. The normalized spacial score (nSPS) is 12.0. The third-order valence-electron chi connectivity index (χ3n) is 4.00. The highest BCUT2D eigenvalue weighted by molar-refractivity contribution is 7.99. The van der Waals surface area contributed by atoms with E-state index in [-0.39, 0.29) is 12.0 Å². The summed E-state index contributed by atoms with van der Waals surface area (Å²) >= 11 is 1.65. The molecule has 5 N–H and O–H groups in total. The van der Waals surface area contributed by atoms with Crippen molar-refractivity contribution in [3.05, 3.63) is 54.1 Å². The molecule has 0 saturated heterocycles. The van der Waals surface area contributed by atoms with Gasteiger partial charge in [-0.25, -0.2) is 0 Å². The lowest BCUT2D eigenvalue weighted by atomic mass is 10.0. The summed E-state index contributed by atoms with van der Waals surface area (Å²) < 4.78 is 0. The van der Waals surface area contributed by atoms with Crippen molar-refractivity contribution in [1.82, 2.24) is 5.32 Å². The number of aliphatic hydroxyl groups is 1. The molecule has 0 aliphatic carbocycles. The van der Waals surface area contributed by atoms with Gasteiger partial charge in [-0.05, 0) is 40.8 Å². The summed E-state index contributed by atoms with van der Waals surface area (Å²) in [6, 6.07) is 16.1. The molecule has 138 valence electrons. The number of nitrogens with one attached hydrogen (secondary N) is 2. The van der Waals surface area contributed by atoms with E-state index < -0.39 is 11.7 Å². The first kappa shape index (κ1) is 20.0. The van der Waals surface area contributed by atoms with Crippen LogP contribution in [0.25, 0.3) is 11.1 Å². The summed E-state index contributed by atoms with van der Waals surface area (Å²) in [6.07, 6.45) is -0.304. The number of hydrogen-bond donors (Lipinski definition) is 4. The number of benzene rings is 2. The quantitative estimate of drug-likeness (QED) is 0.341. The highest BCUT2D eigenvalue weighted by Crippen LogP contribution is 2.26. The Morgan fingerprint density at radius 3 is 2.50 bits per heavy atom. The standard InChI is InChI=1S/C20H25N3O2S/c1-13(2)18(24)12-26-17-8-6-15(7-9-17)16-5-3-4-14(10-16)11-23-20(25)19(21)22/h3-10,13,18,24H,11-12H2,1-2H3,(H3,21,22)(H,23,25). The van der Waals surface area contributed by atoms with Gasteiger partial charge < -0.3 is 16.2 Å². The maximum Gasteiger partial charge on any atom is 0.286 e. The Labute approximate surface area is 158 Å². The molecule has 0 aromatic heterocycles. The zero-order chi connectivity index (χ0) is 19.1. The van der Waals surface area contributed by atoms with Gasteiger partial charge in [0, 0.05) is 17.2 Å². The topological polar surface area (TPSA) is 99.2 Å². The number of aliphatic hydroxyl groups excluding tert-OH is 1. The van der Waals surface area contributed by atoms with E-state index in [0.29, 0.717) is 12.3 Å². The van der Waals surface area contributed by atoms with E-state index in [1.165, 1.54) is 0 Å². The van der Waals surface area contributed by atoms with Crippen LogP contribution in [-0.4, -0.2) is 28.7 Å². The third-order valence-corrected chi connectivity index (χ3v) is 5.12. The molecule has 0 spiro atoms. The van der Waals surface area contributed by atoms with E-state index in [4.69, 9.17) is 11.1 Å². The van der Waals surface area contributed by atoms with Crippen molar-refractivity contribution >= 4 is 23.5 Å². The number of carbonyl (C=O) groups excluding carboxylic acids is 1. The lowest BCUT2D eigenvalue weighted by Gasteiger charge is -2.13. The molecule has 0 aliphatic heterocycles. The Hall–Kier alpha value is -2.31. The van der Waals surface area contributed by atoms with Crippen LogP contribution in [0.2, 0.25) is 0 Å². The molecular weight excluding hydrogens is 346 g/mol. The molecule has 5 nitrogen and oxygen atoms in total. The largest absolute Gasteiger partial charge is 0.392 e. The van der Waals surface area contributed by atoms with Gasteiger partial charge in [0.15, 0.2) is 5.84 Å². The number of amides is 1. The first-order valence-electron chi connectivity index (χ1n) is 8.49. The van der Waals surface area contributed by atoms with Gasteiger partial charge in [-0.15, -0.1) is 11.8 Å². The van der Waals surface area contributed by atoms with Gasteiger partial charge in [-0.1, -0.05) is 44.2 Å². The molecule has 2 aromatic rings. The summed E-state index contributed by atoms with van der Waals surface area (Å²) in [5.74, 6) is -0.118. The van der Waals surface area contributed by atoms with Gasteiger partial charge >= 0.3 is 0 Å².